The maximum Gasteiger partial charge on any atom is 0.270 e. The zero-order valence-corrected chi connectivity index (χ0v) is 20.2. The number of thiocarbonyl (C=S) groups is 1. The van der Waals surface area contributed by atoms with E-state index in [9.17, 15) is 9.59 Å². The van der Waals surface area contributed by atoms with Gasteiger partial charge in [-0.05, 0) is 55.0 Å². The summed E-state index contributed by atoms with van der Waals surface area (Å²) in [5.41, 5.74) is 3.33. The van der Waals surface area contributed by atoms with Crippen LogP contribution in [0.15, 0.2) is 77.7 Å². The number of ether oxygens (including phenoxy) is 2. The van der Waals surface area contributed by atoms with E-state index in [1.165, 1.54) is 11.8 Å². The molecule has 172 valence electrons. The number of hydrogen-bond donors (Lipinski definition) is 1. The summed E-state index contributed by atoms with van der Waals surface area (Å²) in [6.07, 6.45) is 1.80. The molecule has 0 bridgehead atoms. The molecule has 0 aromatic heterocycles. The molecule has 8 heteroatoms. The van der Waals surface area contributed by atoms with Crippen LogP contribution < -0.4 is 19.7 Å². The van der Waals surface area contributed by atoms with Crippen molar-refractivity contribution < 1.29 is 19.1 Å². The molecular formula is C26H22N2O4S2. The second-order valence-electron chi connectivity index (χ2n) is 7.49. The van der Waals surface area contributed by atoms with Gasteiger partial charge < -0.3 is 14.8 Å². The van der Waals surface area contributed by atoms with Gasteiger partial charge in [0.25, 0.3) is 11.8 Å². The number of aryl methyl sites for hydroxylation is 1. The fraction of sp³-hybridized carbons (Fsp3) is 0.115. The number of anilines is 2. The van der Waals surface area contributed by atoms with Gasteiger partial charge in [-0.3, -0.25) is 14.5 Å². The van der Waals surface area contributed by atoms with E-state index in [0.717, 1.165) is 16.8 Å². The summed E-state index contributed by atoms with van der Waals surface area (Å²) in [6.45, 7) is 1.86. The van der Waals surface area contributed by atoms with Crippen molar-refractivity contribution in [2.75, 3.05) is 23.9 Å². The van der Waals surface area contributed by atoms with Crippen LogP contribution in [0.4, 0.5) is 11.4 Å². The van der Waals surface area contributed by atoms with E-state index in [-0.39, 0.29) is 18.4 Å². The third-order valence-corrected chi connectivity index (χ3v) is 6.29. The van der Waals surface area contributed by atoms with E-state index in [1.807, 2.05) is 43.3 Å². The third kappa shape index (κ3) is 5.65. The van der Waals surface area contributed by atoms with Crippen LogP contribution in [0.25, 0.3) is 6.08 Å². The Bertz CT molecular complexity index is 1250. The van der Waals surface area contributed by atoms with Crippen molar-refractivity contribution in [2.45, 2.75) is 6.92 Å². The highest BCUT2D eigenvalue weighted by atomic mass is 32.2. The SMILES string of the molecule is COc1cccc(NC(=O)COc2ccc(/C=C3\SC(=S)N(c4ccc(C)cc4)C3=O)cc2)c1. The molecule has 0 aliphatic carbocycles. The van der Waals surface area contributed by atoms with Gasteiger partial charge in [0.15, 0.2) is 10.9 Å². The Morgan fingerprint density at radius 1 is 1.06 bits per heavy atom. The van der Waals surface area contributed by atoms with Gasteiger partial charge in [0.2, 0.25) is 0 Å². The van der Waals surface area contributed by atoms with Gasteiger partial charge in [0, 0.05) is 11.8 Å². The Labute approximate surface area is 207 Å². The third-order valence-electron chi connectivity index (χ3n) is 4.99. The average Bonchev–Trinajstić information content (AvgIpc) is 3.12. The van der Waals surface area contributed by atoms with E-state index in [0.29, 0.717) is 26.4 Å². The Hall–Kier alpha value is -3.62. The van der Waals surface area contributed by atoms with Gasteiger partial charge in [-0.1, -0.05) is 59.9 Å². The normalized spacial score (nSPS) is 14.4. The highest BCUT2D eigenvalue weighted by Crippen LogP contribution is 2.36. The number of rotatable bonds is 7. The molecule has 0 atom stereocenters. The maximum absolute atomic E-state index is 12.9. The summed E-state index contributed by atoms with van der Waals surface area (Å²) in [6, 6.07) is 21.9. The molecule has 34 heavy (non-hydrogen) atoms. The highest BCUT2D eigenvalue weighted by Gasteiger charge is 2.33. The number of amides is 2. The van der Waals surface area contributed by atoms with E-state index < -0.39 is 0 Å². The molecule has 1 heterocycles. The molecule has 4 rings (SSSR count). The Balaban J connectivity index is 1.36. The van der Waals surface area contributed by atoms with Gasteiger partial charge in [0.1, 0.15) is 11.5 Å². The van der Waals surface area contributed by atoms with Gasteiger partial charge >= 0.3 is 0 Å². The molecule has 0 radical (unpaired) electrons. The number of hydrogen-bond acceptors (Lipinski definition) is 6. The number of benzene rings is 3. The molecule has 3 aromatic rings. The lowest BCUT2D eigenvalue weighted by atomic mass is 10.2. The topological polar surface area (TPSA) is 67.9 Å². The van der Waals surface area contributed by atoms with E-state index in [4.69, 9.17) is 21.7 Å². The first-order chi connectivity index (χ1) is 16.4. The highest BCUT2D eigenvalue weighted by molar-refractivity contribution is 8.27. The van der Waals surface area contributed by atoms with Crippen molar-refractivity contribution in [3.8, 4) is 11.5 Å². The van der Waals surface area contributed by atoms with Crippen LogP contribution in [-0.4, -0.2) is 29.9 Å². The van der Waals surface area contributed by atoms with Crippen molar-refractivity contribution in [1.29, 1.82) is 0 Å². The zero-order chi connectivity index (χ0) is 24.1. The van der Waals surface area contributed by atoms with Crippen LogP contribution in [0.5, 0.6) is 11.5 Å². The van der Waals surface area contributed by atoms with Gasteiger partial charge in [-0.15, -0.1) is 0 Å². The smallest absolute Gasteiger partial charge is 0.270 e. The summed E-state index contributed by atoms with van der Waals surface area (Å²) in [5.74, 6) is 0.778. The molecule has 0 spiro atoms. The molecule has 1 saturated heterocycles. The van der Waals surface area contributed by atoms with Crippen molar-refractivity contribution in [3.63, 3.8) is 0 Å². The fourth-order valence-corrected chi connectivity index (χ4v) is 4.54. The minimum Gasteiger partial charge on any atom is -0.497 e. The zero-order valence-electron chi connectivity index (χ0n) is 18.6. The van der Waals surface area contributed by atoms with Crippen LogP contribution in [0.3, 0.4) is 0 Å². The van der Waals surface area contributed by atoms with E-state index in [2.05, 4.69) is 5.32 Å². The van der Waals surface area contributed by atoms with Crippen LogP contribution in [0, 0.1) is 6.92 Å². The van der Waals surface area contributed by atoms with Crippen molar-refractivity contribution in [3.05, 3.63) is 88.8 Å². The monoisotopic (exact) mass is 490 g/mol. The summed E-state index contributed by atoms with van der Waals surface area (Å²) < 4.78 is 11.2. The minimum absolute atomic E-state index is 0.133. The van der Waals surface area contributed by atoms with Gasteiger partial charge in [-0.25, -0.2) is 0 Å². The standard InChI is InChI=1S/C26H22N2O4S2/c1-17-6-10-20(11-7-17)28-25(30)23(34-26(28)33)14-18-8-12-21(13-9-18)32-16-24(29)27-19-4-3-5-22(15-19)31-2/h3-15H,16H2,1-2H3,(H,27,29)/b23-14-. The van der Waals surface area contributed by atoms with Crippen molar-refractivity contribution >= 4 is 57.6 Å². The van der Waals surface area contributed by atoms with Crippen LogP contribution in [-0.2, 0) is 9.59 Å². The number of thioether (sulfide) groups is 1. The summed E-state index contributed by atoms with van der Waals surface area (Å²) in [4.78, 5) is 27.2. The lowest BCUT2D eigenvalue weighted by molar-refractivity contribution is -0.118. The molecule has 1 aliphatic rings. The summed E-state index contributed by atoms with van der Waals surface area (Å²) in [5, 5.41) is 2.77. The predicted octanol–water partition coefficient (Wildman–Crippen LogP) is 5.43. The van der Waals surface area contributed by atoms with Gasteiger partial charge in [-0.2, -0.15) is 0 Å². The van der Waals surface area contributed by atoms with Crippen LogP contribution >= 0.6 is 24.0 Å². The molecule has 6 nitrogen and oxygen atoms in total. The molecule has 2 amide bonds. The maximum atomic E-state index is 12.9. The second-order valence-corrected chi connectivity index (χ2v) is 9.17. The number of carbonyl (C=O) groups is 2. The second kappa shape index (κ2) is 10.5. The quantitative estimate of drug-likeness (QED) is 0.352. The Morgan fingerprint density at radius 3 is 2.50 bits per heavy atom. The largest absolute Gasteiger partial charge is 0.497 e. The molecule has 1 aliphatic heterocycles. The lowest BCUT2D eigenvalue weighted by Gasteiger charge is -2.14. The first kappa shape index (κ1) is 23.5. The minimum atomic E-state index is -0.280. The number of nitrogens with zero attached hydrogens (tertiary/aromatic N) is 1. The van der Waals surface area contributed by atoms with Crippen LogP contribution in [0.1, 0.15) is 11.1 Å². The number of nitrogens with one attached hydrogen (secondary N) is 1. The van der Waals surface area contributed by atoms with Crippen LogP contribution in [0.2, 0.25) is 0 Å². The number of methoxy groups -OCH3 is 1. The molecule has 1 N–H and O–H groups in total. The van der Waals surface area contributed by atoms with Crippen molar-refractivity contribution in [2.24, 2.45) is 0 Å². The predicted molar refractivity (Wildman–Crippen MR) is 140 cm³/mol. The Kier molecular flexibility index (Phi) is 7.30. The van der Waals surface area contributed by atoms with Gasteiger partial charge in [0.05, 0.1) is 17.7 Å². The first-order valence-corrected chi connectivity index (χ1v) is 11.7. The fourth-order valence-electron chi connectivity index (χ4n) is 3.24. The first-order valence-electron chi connectivity index (χ1n) is 10.4. The molecular weight excluding hydrogens is 468 g/mol. The molecule has 1 fully saturated rings. The lowest BCUT2D eigenvalue weighted by Crippen LogP contribution is -2.27. The Morgan fingerprint density at radius 2 is 1.79 bits per heavy atom. The van der Waals surface area contributed by atoms with E-state index >= 15 is 0 Å². The summed E-state index contributed by atoms with van der Waals surface area (Å²) in [7, 11) is 1.57. The van der Waals surface area contributed by atoms with E-state index in [1.54, 1.807) is 54.5 Å². The molecule has 0 saturated carbocycles. The molecule has 0 unspecified atom stereocenters. The van der Waals surface area contributed by atoms with Crippen molar-refractivity contribution in [1.82, 2.24) is 0 Å². The molecule has 3 aromatic carbocycles. The average molecular weight is 491 g/mol. The summed E-state index contributed by atoms with van der Waals surface area (Å²) >= 11 is 6.70. The number of carbonyl (C=O) groups excluding carboxylic acids is 2.